The third kappa shape index (κ3) is 3.47. The first-order valence-electron chi connectivity index (χ1n) is 5.40. The lowest BCUT2D eigenvalue weighted by atomic mass is 10.0. The van der Waals surface area contributed by atoms with Gasteiger partial charge in [-0.3, -0.25) is 9.59 Å². The molecule has 1 unspecified atom stereocenters. The van der Waals surface area contributed by atoms with Gasteiger partial charge in [-0.05, 0) is 30.0 Å². The smallest absolute Gasteiger partial charge is 0.290 e. The van der Waals surface area contributed by atoms with Gasteiger partial charge in [0, 0.05) is 11.5 Å². The topological polar surface area (TPSA) is 54.4 Å². The van der Waals surface area contributed by atoms with E-state index < -0.39 is 0 Å². The van der Waals surface area contributed by atoms with Gasteiger partial charge in [-0.2, -0.15) is 0 Å². The second-order valence-corrected chi connectivity index (χ2v) is 5.66. The zero-order valence-corrected chi connectivity index (χ0v) is 11.6. The van der Waals surface area contributed by atoms with Crippen LogP contribution in [0.4, 0.5) is 0 Å². The van der Waals surface area contributed by atoms with E-state index in [4.69, 9.17) is 33.1 Å². The molecule has 98 valence electrons. The summed E-state index contributed by atoms with van der Waals surface area (Å²) in [7, 11) is 0. The second kappa shape index (κ2) is 5.72. The minimum Gasteiger partial charge on any atom is -0.483 e. The third-order valence-corrected chi connectivity index (χ3v) is 3.77. The van der Waals surface area contributed by atoms with E-state index in [0.29, 0.717) is 15.6 Å². The van der Waals surface area contributed by atoms with E-state index in [9.17, 15) is 4.79 Å². The number of hydrogen-bond donors (Lipinski definition) is 1. The molecule has 1 saturated carbocycles. The van der Waals surface area contributed by atoms with Crippen molar-refractivity contribution in [1.29, 1.82) is 0 Å². The van der Waals surface area contributed by atoms with E-state index in [1.54, 1.807) is 18.2 Å². The van der Waals surface area contributed by atoms with Crippen LogP contribution in [0.25, 0.3) is 0 Å². The molecule has 1 aliphatic carbocycles. The summed E-state index contributed by atoms with van der Waals surface area (Å²) in [4.78, 5) is 20.3. The molecule has 0 bridgehead atoms. The molecule has 1 aliphatic rings. The van der Waals surface area contributed by atoms with Crippen LogP contribution in [0, 0.1) is 11.3 Å². The molecular weight excluding hydrogens is 275 g/mol. The number of Topliss-reactive ketones (excluding diaryl/α,β-unsaturated/α-hetero) is 1. The van der Waals surface area contributed by atoms with E-state index in [2.05, 4.69) is 13.8 Å². The molecular formula is C13H14Cl2O3. The number of carbonyl (C=O) groups is 2. The molecule has 3 nitrogen and oxygen atoms in total. The largest absolute Gasteiger partial charge is 0.483 e. The Balaban J connectivity index is 0.000000492. The zero-order chi connectivity index (χ0) is 13.9. The van der Waals surface area contributed by atoms with Crippen molar-refractivity contribution in [3.05, 3.63) is 33.8 Å². The van der Waals surface area contributed by atoms with Gasteiger partial charge in [0.25, 0.3) is 6.47 Å². The molecule has 1 aromatic rings. The summed E-state index contributed by atoms with van der Waals surface area (Å²) in [5.41, 5.74) is 0.823. The van der Waals surface area contributed by atoms with Crippen molar-refractivity contribution >= 4 is 35.5 Å². The molecule has 0 radical (unpaired) electrons. The predicted molar refractivity (Wildman–Crippen MR) is 71.4 cm³/mol. The van der Waals surface area contributed by atoms with Gasteiger partial charge in [-0.15, -0.1) is 0 Å². The maximum Gasteiger partial charge on any atom is 0.290 e. The van der Waals surface area contributed by atoms with Crippen molar-refractivity contribution in [2.24, 2.45) is 11.3 Å². The highest BCUT2D eigenvalue weighted by Crippen LogP contribution is 2.53. The normalized spacial score (nSPS) is 19.4. The molecule has 0 aromatic heterocycles. The van der Waals surface area contributed by atoms with Gasteiger partial charge in [0.05, 0.1) is 10.0 Å². The minimum atomic E-state index is -0.250. The van der Waals surface area contributed by atoms with Crippen LogP contribution in [0.3, 0.4) is 0 Å². The Kier molecular flexibility index (Phi) is 4.77. The van der Waals surface area contributed by atoms with E-state index in [0.717, 1.165) is 6.42 Å². The Morgan fingerprint density at radius 3 is 2.28 bits per heavy atom. The summed E-state index contributed by atoms with van der Waals surface area (Å²) in [5.74, 6) is 0.327. The fourth-order valence-corrected chi connectivity index (χ4v) is 2.06. The van der Waals surface area contributed by atoms with Crippen LogP contribution in [0.15, 0.2) is 18.2 Å². The summed E-state index contributed by atoms with van der Waals surface area (Å²) < 4.78 is 0. The monoisotopic (exact) mass is 288 g/mol. The standard InChI is InChI=1S/C12H12Cl2O.CH2O2/c1-12(2)6-8(12)11(15)7-3-4-9(13)10(14)5-7;2-1-3/h3-5,8H,6H2,1-2H3;1H,(H,2,3). The Morgan fingerprint density at radius 2 is 1.89 bits per heavy atom. The number of carbonyl (C=O) groups excluding carboxylic acids is 1. The van der Waals surface area contributed by atoms with E-state index in [1.165, 1.54) is 0 Å². The highest BCUT2D eigenvalue weighted by atomic mass is 35.5. The highest BCUT2D eigenvalue weighted by molar-refractivity contribution is 6.42. The number of halogens is 2. The lowest BCUT2D eigenvalue weighted by Crippen LogP contribution is -2.06. The number of benzene rings is 1. The van der Waals surface area contributed by atoms with Crippen molar-refractivity contribution in [2.75, 3.05) is 0 Å². The van der Waals surface area contributed by atoms with Crippen LogP contribution >= 0.6 is 23.2 Å². The molecule has 0 amide bonds. The Hall–Kier alpha value is -1.06. The Morgan fingerprint density at radius 1 is 1.39 bits per heavy atom. The quantitative estimate of drug-likeness (QED) is 0.663. The third-order valence-electron chi connectivity index (χ3n) is 3.03. The van der Waals surface area contributed by atoms with Gasteiger partial charge in [0.15, 0.2) is 5.78 Å². The van der Waals surface area contributed by atoms with Gasteiger partial charge in [0.2, 0.25) is 0 Å². The number of hydrogen-bond acceptors (Lipinski definition) is 2. The number of rotatable bonds is 2. The van der Waals surface area contributed by atoms with Gasteiger partial charge >= 0.3 is 0 Å². The molecule has 0 saturated heterocycles. The first kappa shape index (κ1) is 15.0. The molecule has 0 spiro atoms. The minimum absolute atomic E-state index is 0.148. The average Bonchev–Trinajstić information content (AvgIpc) is 2.92. The summed E-state index contributed by atoms with van der Waals surface area (Å²) in [6, 6.07) is 5.07. The zero-order valence-electron chi connectivity index (χ0n) is 10.1. The van der Waals surface area contributed by atoms with Gasteiger partial charge in [-0.25, -0.2) is 0 Å². The van der Waals surface area contributed by atoms with Gasteiger partial charge in [0.1, 0.15) is 0 Å². The summed E-state index contributed by atoms with van der Waals surface area (Å²) in [6.45, 7) is 3.96. The average molecular weight is 289 g/mol. The van der Waals surface area contributed by atoms with E-state index in [1.807, 2.05) is 0 Å². The molecule has 18 heavy (non-hydrogen) atoms. The lowest BCUT2D eigenvalue weighted by Gasteiger charge is -2.04. The van der Waals surface area contributed by atoms with Crippen molar-refractivity contribution in [1.82, 2.24) is 0 Å². The second-order valence-electron chi connectivity index (χ2n) is 4.84. The maximum atomic E-state index is 12.0. The molecule has 1 N–H and O–H groups in total. The Bertz CT molecular complexity index is 469. The van der Waals surface area contributed by atoms with Crippen molar-refractivity contribution in [3.8, 4) is 0 Å². The summed E-state index contributed by atoms with van der Waals surface area (Å²) in [5, 5.41) is 7.82. The van der Waals surface area contributed by atoms with E-state index in [-0.39, 0.29) is 23.6 Å². The summed E-state index contributed by atoms with van der Waals surface area (Å²) >= 11 is 11.7. The van der Waals surface area contributed by atoms with Crippen LogP contribution in [0.2, 0.25) is 10.0 Å². The fourth-order valence-electron chi connectivity index (χ4n) is 1.77. The van der Waals surface area contributed by atoms with Gasteiger partial charge in [-0.1, -0.05) is 37.0 Å². The lowest BCUT2D eigenvalue weighted by molar-refractivity contribution is -0.122. The maximum absolute atomic E-state index is 12.0. The summed E-state index contributed by atoms with van der Waals surface area (Å²) in [6.07, 6.45) is 0.964. The first-order valence-corrected chi connectivity index (χ1v) is 6.16. The van der Waals surface area contributed by atoms with Crippen LogP contribution in [0.5, 0.6) is 0 Å². The first-order chi connectivity index (χ1) is 8.33. The molecule has 5 heteroatoms. The number of ketones is 1. The molecule has 0 aliphatic heterocycles. The van der Waals surface area contributed by atoms with Crippen molar-refractivity contribution in [2.45, 2.75) is 20.3 Å². The molecule has 1 fully saturated rings. The molecule has 1 aromatic carbocycles. The van der Waals surface area contributed by atoms with Crippen LogP contribution in [-0.4, -0.2) is 17.4 Å². The van der Waals surface area contributed by atoms with Crippen molar-refractivity contribution in [3.63, 3.8) is 0 Å². The highest BCUT2D eigenvalue weighted by Gasteiger charge is 2.50. The number of carboxylic acid groups (broad SMARTS) is 1. The predicted octanol–water partition coefficient (Wildman–Crippen LogP) is 3.92. The van der Waals surface area contributed by atoms with Gasteiger partial charge < -0.3 is 5.11 Å². The fraction of sp³-hybridized carbons (Fsp3) is 0.385. The van der Waals surface area contributed by atoms with E-state index >= 15 is 0 Å². The SMILES string of the molecule is CC1(C)CC1C(=O)c1ccc(Cl)c(Cl)c1.O=CO. The van der Waals surface area contributed by atoms with Crippen LogP contribution < -0.4 is 0 Å². The van der Waals surface area contributed by atoms with Crippen molar-refractivity contribution < 1.29 is 14.7 Å². The molecule has 0 heterocycles. The Labute approximate surface area is 116 Å². The van der Waals surface area contributed by atoms with Crippen LogP contribution in [0.1, 0.15) is 30.6 Å². The molecule has 1 atom stereocenters. The molecule has 2 rings (SSSR count). The van der Waals surface area contributed by atoms with Crippen LogP contribution in [-0.2, 0) is 4.79 Å².